The standard InChI is InChI=1S/C17H20N2O3S/c1-4-10-18-15(20)12(3)22-17(21)14-11(2)19-16(23-14)13-8-6-5-7-9-13/h5-9,12H,4,10H2,1-3H3,(H,18,20). The first-order valence-electron chi connectivity index (χ1n) is 7.54. The Hall–Kier alpha value is -2.21. The van der Waals surface area contributed by atoms with Gasteiger partial charge in [0.15, 0.2) is 6.10 Å². The minimum atomic E-state index is -0.823. The minimum absolute atomic E-state index is 0.286. The lowest BCUT2D eigenvalue weighted by Gasteiger charge is -2.12. The number of aryl methyl sites for hydroxylation is 1. The lowest BCUT2D eigenvalue weighted by molar-refractivity contribution is -0.129. The molecule has 1 N–H and O–H groups in total. The van der Waals surface area contributed by atoms with E-state index >= 15 is 0 Å². The summed E-state index contributed by atoms with van der Waals surface area (Å²) in [6.07, 6.45) is 0.0107. The van der Waals surface area contributed by atoms with E-state index in [9.17, 15) is 9.59 Å². The van der Waals surface area contributed by atoms with Crippen LogP contribution in [-0.4, -0.2) is 29.5 Å². The Morgan fingerprint density at radius 1 is 1.30 bits per heavy atom. The van der Waals surface area contributed by atoms with Crippen LogP contribution in [0.1, 0.15) is 35.6 Å². The highest BCUT2D eigenvalue weighted by atomic mass is 32.1. The Morgan fingerprint density at radius 3 is 2.65 bits per heavy atom. The molecule has 2 aromatic rings. The van der Waals surface area contributed by atoms with Crippen molar-refractivity contribution < 1.29 is 14.3 Å². The number of benzene rings is 1. The Kier molecular flexibility index (Phi) is 5.87. The third-order valence-corrected chi connectivity index (χ3v) is 4.39. The van der Waals surface area contributed by atoms with Crippen LogP contribution in [0.25, 0.3) is 10.6 Å². The van der Waals surface area contributed by atoms with E-state index in [1.54, 1.807) is 13.8 Å². The van der Waals surface area contributed by atoms with E-state index < -0.39 is 12.1 Å². The lowest BCUT2D eigenvalue weighted by Crippen LogP contribution is -2.36. The number of nitrogens with zero attached hydrogens (tertiary/aromatic N) is 1. The van der Waals surface area contributed by atoms with Crippen molar-refractivity contribution in [1.82, 2.24) is 10.3 Å². The molecule has 1 amide bonds. The maximum absolute atomic E-state index is 12.3. The summed E-state index contributed by atoms with van der Waals surface area (Å²) in [6, 6.07) is 9.65. The number of ether oxygens (including phenoxy) is 1. The molecule has 0 aliphatic carbocycles. The zero-order chi connectivity index (χ0) is 16.8. The van der Waals surface area contributed by atoms with Gasteiger partial charge in [-0.1, -0.05) is 37.3 Å². The molecule has 6 heteroatoms. The number of nitrogens with one attached hydrogen (secondary N) is 1. The molecule has 0 aliphatic rings. The van der Waals surface area contributed by atoms with E-state index in [2.05, 4.69) is 10.3 Å². The number of esters is 1. The van der Waals surface area contributed by atoms with Crippen molar-refractivity contribution >= 4 is 23.2 Å². The van der Waals surface area contributed by atoms with Gasteiger partial charge in [-0.15, -0.1) is 11.3 Å². The molecule has 0 saturated carbocycles. The molecule has 1 atom stereocenters. The zero-order valence-electron chi connectivity index (χ0n) is 13.5. The Balaban J connectivity index is 2.08. The van der Waals surface area contributed by atoms with Gasteiger partial charge in [-0.2, -0.15) is 0 Å². The molecule has 122 valence electrons. The summed E-state index contributed by atoms with van der Waals surface area (Å²) in [5.74, 6) is -0.799. The van der Waals surface area contributed by atoms with Gasteiger partial charge in [0.05, 0.1) is 5.69 Å². The van der Waals surface area contributed by atoms with Gasteiger partial charge in [0.25, 0.3) is 5.91 Å². The van der Waals surface area contributed by atoms with Gasteiger partial charge in [-0.25, -0.2) is 9.78 Å². The fraction of sp³-hybridized carbons (Fsp3) is 0.353. The second-order valence-electron chi connectivity index (χ2n) is 5.14. The second kappa shape index (κ2) is 7.87. The van der Waals surface area contributed by atoms with E-state index in [0.717, 1.165) is 17.0 Å². The van der Waals surface area contributed by atoms with Gasteiger partial charge in [0, 0.05) is 12.1 Å². The van der Waals surface area contributed by atoms with Crippen molar-refractivity contribution in [3.63, 3.8) is 0 Å². The number of hydrogen-bond donors (Lipinski definition) is 1. The number of carbonyl (C=O) groups is 2. The SMILES string of the molecule is CCCNC(=O)C(C)OC(=O)c1sc(-c2ccccc2)nc1C. The first-order chi connectivity index (χ1) is 11.0. The zero-order valence-corrected chi connectivity index (χ0v) is 14.3. The molecule has 0 saturated heterocycles. The predicted molar refractivity (Wildman–Crippen MR) is 90.5 cm³/mol. The summed E-state index contributed by atoms with van der Waals surface area (Å²) in [5.41, 5.74) is 1.56. The molecule has 5 nitrogen and oxygen atoms in total. The van der Waals surface area contributed by atoms with E-state index in [1.807, 2.05) is 37.3 Å². The molecule has 1 aromatic carbocycles. The van der Waals surface area contributed by atoms with Crippen molar-refractivity contribution in [3.05, 3.63) is 40.9 Å². The van der Waals surface area contributed by atoms with Gasteiger partial charge in [0.1, 0.15) is 9.88 Å². The van der Waals surface area contributed by atoms with Crippen molar-refractivity contribution in [2.45, 2.75) is 33.3 Å². The van der Waals surface area contributed by atoms with E-state index in [0.29, 0.717) is 17.1 Å². The number of thiazole rings is 1. The van der Waals surface area contributed by atoms with Crippen molar-refractivity contribution in [2.75, 3.05) is 6.54 Å². The monoisotopic (exact) mass is 332 g/mol. The molecule has 1 unspecified atom stereocenters. The molecule has 0 radical (unpaired) electrons. The average Bonchev–Trinajstić information content (AvgIpc) is 2.95. The number of aromatic nitrogens is 1. The van der Waals surface area contributed by atoms with Crippen molar-refractivity contribution in [3.8, 4) is 10.6 Å². The van der Waals surface area contributed by atoms with Crippen LogP contribution < -0.4 is 5.32 Å². The maximum Gasteiger partial charge on any atom is 0.351 e. The second-order valence-corrected chi connectivity index (χ2v) is 6.14. The third kappa shape index (κ3) is 4.39. The molecule has 0 spiro atoms. The van der Waals surface area contributed by atoms with E-state index in [4.69, 9.17) is 4.74 Å². The largest absolute Gasteiger partial charge is 0.448 e. The first kappa shape index (κ1) is 17.1. The quantitative estimate of drug-likeness (QED) is 0.825. The Morgan fingerprint density at radius 2 is 2.00 bits per heavy atom. The molecule has 0 fully saturated rings. The smallest absolute Gasteiger partial charge is 0.351 e. The van der Waals surface area contributed by atoms with E-state index in [1.165, 1.54) is 11.3 Å². The average molecular weight is 332 g/mol. The highest BCUT2D eigenvalue weighted by molar-refractivity contribution is 7.17. The van der Waals surface area contributed by atoms with Crippen LogP contribution in [0.2, 0.25) is 0 Å². The lowest BCUT2D eigenvalue weighted by atomic mass is 10.2. The molecular weight excluding hydrogens is 312 g/mol. The Labute approximate surface area is 139 Å². The summed E-state index contributed by atoms with van der Waals surface area (Å²) in [7, 11) is 0. The first-order valence-corrected chi connectivity index (χ1v) is 8.36. The molecule has 2 rings (SSSR count). The van der Waals surface area contributed by atoms with Gasteiger partial charge < -0.3 is 10.1 Å². The molecule has 0 bridgehead atoms. The maximum atomic E-state index is 12.3. The topological polar surface area (TPSA) is 68.3 Å². The fourth-order valence-corrected chi connectivity index (χ4v) is 2.90. The summed E-state index contributed by atoms with van der Waals surface area (Å²) in [4.78, 5) is 28.9. The van der Waals surface area contributed by atoms with Gasteiger partial charge in [-0.05, 0) is 20.3 Å². The van der Waals surface area contributed by atoms with Crippen LogP contribution >= 0.6 is 11.3 Å². The van der Waals surface area contributed by atoms with Crippen LogP contribution in [-0.2, 0) is 9.53 Å². The van der Waals surface area contributed by atoms with Gasteiger partial charge in [-0.3, -0.25) is 4.79 Å². The molecule has 23 heavy (non-hydrogen) atoms. The van der Waals surface area contributed by atoms with Crippen molar-refractivity contribution in [2.24, 2.45) is 0 Å². The van der Waals surface area contributed by atoms with Crippen LogP contribution in [0.4, 0.5) is 0 Å². The molecule has 0 aliphatic heterocycles. The number of carbonyl (C=O) groups excluding carboxylic acids is 2. The normalized spacial score (nSPS) is 11.8. The third-order valence-electron chi connectivity index (χ3n) is 3.21. The Bertz CT molecular complexity index is 682. The van der Waals surface area contributed by atoms with Crippen LogP contribution in [0, 0.1) is 6.92 Å². The van der Waals surface area contributed by atoms with Gasteiger partial charge in [0.2, 0.25) is 0 Å². The van der Waals surface area contributed by atoms with E-state index in [-0.39, 0.29) is 5.91 Å². The summed E-state index contributed by atoms with van der Waals surface area (Å²) < 4.78 is 5.24. The predicted octanol–water partition coefficient (Wildman–Crippen LogP) is 3.19. The molecular formula is C17H20N2O3S. The molecule has 1 heterocycles. The number of amides is 1. The summed E-state index contributed by atoms with van der Waals surface area (Å²) in [6.45, 7) is 5.86. The minimum Gasteiger partial charge on any atom is -0.448 e. The van der Waals surface area contributed by atoms with Crippen LogP contribution in [0.15, 0.2) is 30.3 Å². The summed E-state index contributed by atoms with van der Waals surface area (Å²) in [5, 5.41) is 3.47. The van der Waals surface area contributed by atoms with Gasteiger partial charge >= 0.3 is 5.97 Å². The van der Waals surface area contributed by atoms with Crippen LogP contribution in [0.3, 0.4) is 0 Å². The highest BCUT2D eigenvalue weighted by Gasteiger charge is 2.22. The number of rotatable bonds is 6. The van der Waals surface area contributed by atoms with Crippen molar-refractivity contribution in [1.29, 1.82) is 0 Å². The summed E-state index contributed by atoms with van der Waals surface area (Å²) >= 11 is 1.27. The highest BCUT2D eigenvalue weighted by Crippen LogP contribution is 2.28. The number of hydrogen-bond acceptors (Lipinski definition) is 5. The van der Waals surface area contributed by atoms with Crippen LogP contribution in [0.5, 0.6) is 0 Å². The fourth-order valence-electron chi connectivity index (χ4n) is 1.95. The molecule has 1 aromatic heterocycles.